The van der Waals surface area contributed by atoms with Crippen molar-refractivity contribution in [1.29, 1.82) is 0 Å². The Labute approximate surface area is 247 Å². The van der Waals surface area contributed by atoms with Crippen LogP contribution in [0.1, 0.15) is 45.1 Å². The normalized spacial score (nSPS) is 12.9. The third kappa shape index (κ3) is 6.12. The van der Waals surface area contributed by atoms with Gasteiger partial charge in [-0.15, -0.1) is 0 Å². The molecule has 0 N–H and O–H groups in total. The second-order valence-corrected chi connectivity index (χ2v) is 16.7. The van der Waals surface area contributed by atoms with Crippen LogP contribution in [-0.4, -0.2) is 3.21 Å². The maximum Gasteiger partial charge on any atom is -1.00 e. The number of hydrogen-bond acceptors (Lipinski definition) is 0. The maximum atomic E-state index is 2.49. The first-order valence-corrected chi connectivity index (χ1v) is 17.1. The Morgan fingerprint density at radius 2 is 1.08 bits per heavy atom. The first kappa shape index (κ1) is 28.7. The predicted molar refractivity (Wildman–Crippen MR) is 150 cm³/mol. The van der Waals surface area contributed by atoms with Crippen LogP contribution in [0.25, 0.3) is 11.1 Å². The van der Waals surface area contributed by atoms with Crippen LogP contribution in [0.15, 0.2) is 131 Å². The van der Waals surface area contributed by atoms with E-state index in [-0.39, 0.29) is 24.8 Å². The van der Waals surface area contributed by atoms with E-state index in [1.165, 1.54) is 35.1 Å². The third-order valence-electron chi connectivity index (χ3n) is 7.74. The first-order valence-electron chi connectivity index (χ1n) is 13.2. The number of rotatable bonds is 8. The summed E-state index contributed by atoms with van der Waals surface area (Å²) in [4.78, 5) is 0. The third-order valence-corrected chi connectivity index (χ3v) is 16.4. The molecule has 0 heterocycles. The molecule has 0 aliphatic heterocycles. The van der Waals surface area contributed by atoms with Crippen molar-refractivity contribution in [3.05, 3.63) is 153 Å². The average Bonchev–Trinajstić information content (AvgIpc) is 3.59. The Morgan fingerprint density at radius 3 is 1.55 bits per heavy atom. The molecule has 0 atom stereocenters. The molecule has 38 heavy (non-hydrogen) atoms. The van der Waals surface area contributed by atoms with Crippen molar-refractivity contribution < 1.29 is 46.1 Å². The standard InChI is InChI=1S/C17H18.C13H9.C5H5.2ClH.Zr/c1-4-10-16(11-5-1)14-8-3-9-15-17-12-6-2-7-13-17;1-3-7-12-10(5-1)9-11-6-2-4-8-13(11)12;1-2-4-5-3-1;;;/h1-2,4-7,10-13H,8-9,14-15H2;1-9H;1-3H,4H2;2*1H;/q;;;;;+2/p-2. The van der Waals surface area contributed by atoms with Crippen LogP contribution in [0.4, 0.5) is 0 Å². The van der Waals surface area contributed by atoms with Crippen molar-refractivity contribution in [1.82, 2.24) is 0 Å². The molecule has 6 rings (SSSR count). The number of allylic oxidation sites excluding steroid dienone is 4. The van der Waals surface area contributed by atoms with Gasteiger partial charge in [0.25, 0.3) is 0 Å². The summed E-state index contributed by atoms with van der Waals surface area (Å²) < 4.78 is 4.23. The summed E-state index contributed by atoms with van der Waals surface area (Å²) in [7, 11) is 0. The van der Waals surface area contributed by atoms with Gasteiger partial charge >= 0.3 is 224 Å². The maximum absolute atomic E-state index is 2.49. The Balaban J connectivity index is 0.00000168. The minimum atomic E-state index is -2.29. The molecule has 0 amide bonds. The molecular formula is C35H32Cl2Zr. The van der Waals surface area contributed by atoms with E-state index in [1.54, 1.807) is 14.4 Å². The molecule has 0 nitrogen and oxygen atoms in total. The molecular weight excluding hydrogens is 583 g/mol. The Kier molecular flexibility index (Phi) is 10.3. The number of fused-ring (bicyclic) bond motifs is 3. The fraction of sp³-hybridized carbons (Fsp3) is 0.171. The summed E-state index contributed by atoms with van der Waals surface area (Å²) in [6, 6.07) is 40.7. The molecule has 0 saturated carbocycles. The van der Waals surface area contributed by atoms with Crippen molar-refractivity contribution in [2.45, 2.75) is 35.7 Å². The van der Waals surface area contributed by atoms with Crippen molar-refractivity contribution in [2.24, 2.45) is 0 Å². The van der Waals surface area contributed by atoms with E-state index < -0.39 is 21.3 Å². The molecule has 2 aliphatic rings. The van der Waals surface area contributed by atoms with Crippen LogP contribution in [0.2, 0.25) is 0 Å². The van der Waals surface area contributed by atoms with Gasteiger partial charge in [-0.2, -0.15) is 0 Å². The Hall–Kier alpha value is -2.31. The monoisotopic (exact) mass is 612 g/mol. The molecule has 190 valence electrons. The predicted octanol–water partition coefficient (Wildman–Crippen LogP) is 2.66. The van der Waals surface area contributed by atoms with Crippen LogP contribution in [-0.2, 0) is 34.1 Å². The van der Waals surface area contributed by atoms with Gasteiger partial charge in [-0.05, 0) is 0 Å². The summed E-state index contributed by atoms with van der Waals surface area (Å²) >= 11 is -2.29. The van der Waals surface area contributed by atoms with E-state index in [1.807, 2.05) is 3.21 Å². The largest absolute Gasteiger partial charge is 1.00 e. The zero-order valence-electron chi connectivity index (χ0n) is 21.5. The van der Waals surface area contributed by atoms with Gasteiger partial charge in [-0.25, -0.2) is 0 Å². The van der Waals surface area contributed by atoms with Gasteiger partial charge in [-0.1, -0.05) is 0 Å². The van der Waals surface area contributed by atoms with E-state index in [2.05, 4.69) is 127 Å². The smallest absolute Gasteiger partial charge is 1.00 e. The molecule has 4 aromatic carbocycles. The zero-order valence-corrected chi connectivity index (χ0v) is 25.5. The molecule has 0 unspecified atom stereocenters. The second-order valence-electron chi connectivity index (χ2n) is 9.92. The summed E-state index contributed by atoms with van der Waals surface area (Å²) in [5.74, 6) is 0. The fourth-order valence-corrected chi connectivity index (χ4v) is 15.2. The van der Waals surface area contributed by atoms with E-state index in [9.17, 15) is 0 Å². The Bertz CT molecular complexity index is 1360. The van der Waals surface area contributed by atoms with Crippen LogP contribution in [0.3, 0.4) is 0 Å². The summed E-state index contributed by atoms with van der Waals surface area (Å²) in [6.45, 7) is 0. The van der Waals surface area contributed by atoms with Gasteiger partial charge in [0.1, 0.15) is 0 Å². The van der Waals surface area contributed by atoms with Crippen molar-refractivity contribution in [2.75, 3.05) is 0 Å². The molecule has 0 fully saturated rings. The summed E-state index contributed by atoms with van der Waals surface area (Å²) in [5.41, 5.74) is 9.02. The minimum Gasteiger partial charge on any atom is -1.00 e. The van der Waals surface area contributed by atoms with Crippen molar-refractivity contribution in [3.63, 3.8) is 0 Å². The number of halogens is 2. The molecule has 2 aliphatic carbocycles. The van der Waals surface area contributed by atoms with E-state index in [0.717, 1.165) is 19.3 Å². The quantitative estimate of drug-likeness (QED) is 0.287. The van der Waals surface area contributed by atoms with E-state index in [4.69, 9.17) is 0 Å². The van der Waals surface area contributed by atoms with Gasteiger partial charge < -0.3 is 24.8 Å². The first-order chi connectivity index (χ1) is 17.9. The zero-order chi connectivity index (χ0) is 24.2. The molecule has 0 bridgehead atoms. The minimum absolute atomic E-state index is 0. The Morgan fingerprint density at radius 1 is 0.605 bits per heavy atom. The number of benzene rings is 4. The molecule has 0 spiro atoms. The molecule has 0 aromatic heterocycles. The van der Waals surface area contributed by atoms with E-state index in [0.29, 0.717) is 3.63 Å². The van der Waals surface area contributed by atoms with Gasteiger partial charge in [0.05, 0.1) is 0 Å². The average molecular weight is 615 g/mol. The number of aryl methyl sites for hydroxylation is 2. The van der Waals surface area contributed by atoms with Gasteiger partial charge in [0.15, 0.2) is 0 Å². The van der Waals surface area contributed by atoms with Gasteiger partial charge in [-0.3, -0.25) is 0 Å². The van der Waals surface area contributed by atoms with E-state index >= 15 is 0 Å². The van der Waals surface area contributed by atoms with Crippen molar-refractivity contribution >= 4 is 3.21 Å². The fourth-order valence-electron chi connectivity index (χ4n) is 6.00. The number of hydrogen-bond donors (Lipinski definition) is 0. The SMILES string of the molecule is C1=CC[C]([Zr+2](=[C](CCc2ccccc2)CCc2ccccc2)[CH]2c3ccccc3-c3ccccc32)=C1.[Cl-].[Cl-]. The van der Waals surface area contributed by atoms with Crippen LogP contribution in [0, 0.1) is 0 Å². The van der Waals surface area contributed by atoms with Crippen LogP contribution >= 0.6 is 0 Å². The summed E-state index contributed by atoms with van der Waals surface area (Å²) in [6.07, 6.45) is 13.0. The second kappa shape index (κ2) is 13.7. The molecule has 0 saturated heterocycles. The molecule has 4 aromatic rings. The molecule has 0 radical (unpaired) electrons. The van der Waals surface area contributed by atoms with Crippen LogP contribution < -0.4 is 24.8 Å². The van der Waals surface area contributed by atoms with Crippen molar-refractivity contribution in [3.8, 4) is 11.1 Å². The topological polar surface area (TPSA) is 0 Å². The van der Waals surface area contributed by atoms with Crippen LogP contribution in [0.5, 0.6) is 0 Å². The van der Waals surface area contributed by atoms with Gasteiger partial charge in [0, 0.05) is 0 Å². The van der Waals surface area contributed by atoms with Gasteiger partial charge in [0.2, 0.25) is 0 Å². The summed E-state index contributed by atoms with van der Waals surface area (Å²) in [5, 5.41) is 0. The molecule has 3 heteroatoms.